The van der Waals surface area contributed by atoms with Gasteiger partial charge in [-0.15, -0.1) is 11.3 Å². The summed E-state index contributed by atoms with van der Waals surface area (Å²) in [5, 5.41) is 2.40. The SMILES string of the molecule is CC(C)c1ccc(-c2nc(C(=O)NNC(=O)c3ccc4c(c3)OCO4)cs2)cc1. The fraction of sp³-hybridized carbons (Fsp3) is 0.190. The Morgan fingerprint density at radius 1 is 1.00 bits per heavy atom. The number of rotatable bonds is 4. The van der Waals surface area contributed by atoms with E-state index in [0.29, 0.717) is 23.0 Å². The predicted octanol–water partition coefficient (Wildman–Crippen LogP) is 3.74. The molecule has 3 aromatic rings. The van der Waals surface area contributed by atoms with Gasteiger partial charge in [0.15, 0.2) is 11.5 Å². The van der Waals surface area contributed by atoms with Crippen molar-refractivity contribution in [2.24, 2.45) is 0 Å². The first-order chi connectivity index (χ1) is 14.0. The lowest BCUT2D eigenvalue weighted by Crippen LogP contribution is -2.41. The van der Waals surface area contributed by atoms with Gasteiger partial charge in [0.1, 0.15) is 10.7 Å². The number of hydrogen-bond donors (Lipinski definition) is 2. The van der Waals surface area contributed by atoms with Crippen LogP contribution in [0.4, 0.5) is 0 Å². The van der Waals surface area contributed by atoms with Gasteiger partial charge in [0.05, 0.1) is 0 Å². The number of fused-ring (bicyclic) bond motifs is 1. The number of carbonyl (C=O) groups is 2. The summed E-state index contributed by atoms with van der Waals surface area (Å²) in [5.74, 6) is 0.588. The molecule has 1 aromatic heterocycles. The maximum Gasteiger partial charge on any atom is 0.289 e. The molecule has 0 radical (unpaired) electrons. The lowest BCUT2D eigenvalue weighted by atomic mass is 10.0. The number of nitrogens with one attached hydrogen (secondary N) is 2. The van der Waals surface area contributed by atoms with Crippen molar-refractivity contribution in [3.63, 3.8) is 0 Å². The Hall–Kier alpha value is -3.39. The van der Waals surface area contributed by atoms with E-state index in [0.717, 1.165) is 10.6 Å². The second-order valence-corrected chi connectivity index (χ2v) is 7.65. The molecule has 2 amide bonds. The number of nitrogens with zero attached hydrogens (tertiary/aromatic N) is 1. The summed E-state index contributed by atoms with van der Waals surface area (Å²) >= 11 is 1.37. The van der Waals surface area contributed by atoms with E-state index in [9.17, 15) is 9.59 Å². The highest BCUT2D eigenvalue weighted by molar-refractivity contribution is 7.13. The van der Waals surface area contributed by atoms with Gasteiger partial charge >= 0.3 is 0 Å². The zero-order valence-corrected chi connectivity index (χ0v) is 16.7. The molecule has 2 aromatic carbocycles. The molecule has 0 saturated carbocycles. The molecule has 0 spiro atoms. The van der Waals surface area contributed by atoms with Crippen LogP contribution in [0.5, 0.6) is 11.5 Å². The van der Waals surface area contributed by atoms with E-state index in [1.54, 1.807) is 23.6 Å². The minimum absolute atomic E-state index is 0.128. The third kappa shape index (κ3) is 4.07. The Kier molecular flexibility index (Phi) is 5.18. The Morgan fingerprint density at radius 3 is 2.48 bits per heavy atom. The van der Waals surface area contributed by atoms with Crippen molar-refractivity contribution in [2.45, 2.75) is 19.8 Å². The topological polar surface area (TPSA) is 89.6 Å². The van der Waals surface area contributed by atoms with Gasteiger partial charge in [0, 0.05) is 16.5 Å². The fourth-order valence-electron chi connectivity index (χ4n) is 2.81. The van der Waals surface area contributed by atoms with Crippen LogP contribution in [0.1, 0.15) is 46.2 Å². The lowest BCUT2D eigenvalue weighted by molar-refractivity contribution is 0.0844. The fourth-order valence-corrected chi connectivity index (χ4v) is 3.61. The van der Waals surface area contributed by atoms with Gasteiger partial charge in [0.2, 0.25) is 6.79 Å². The molecule has 0 saturated heterocycles. The second-order valence-electron chi connectivity index (χ2n) is 6.79. The van der Waals surface area contributed by atoms with Crippen LogP contribution in [-0.2, 0) is 0 Å². The van der Waals surface area contributed by atoms with Crippen LogP contribution in [0.3, 0.4) is 0 Å². The number of benzene rings is 2. The molecule has 0 bridgehead atoms. The van der Waals surface area contributed by atoms with E-state index in [4.69, 9.17) is 9.47 Å². The number of thiazole rings is 1. The second kappa shape index (κ2) is 7.92. The van der Waals surface area contributed by atoms with Crippen LogP contribution in [0, 0.1) is 0 Å². The van der Waals surface area contributed by atoms with E-state index >= 15 is 0 Å². The van der Waals surface area contributed by atoms with Gasteiger partial charge in [-0.25, -0.2) is 4.98 Å². The molecular formula is C21H19N3O4S. The molecule has 2 N–H and O–H groups in total. The van der Waals surface area contributed by atoms with Crippen molar-refractivity contribution in [1.29, 1.82) is 0 Å². The monoisotopic (exact) mass is 409 g/mol. The molecule has 29 heavy (non-hydrogen) atoms. The zero-order chi connectivity index (χ0) is 20.4. The number of hydrogen-bond acceptors (Lipinski definition) is 6. The molecule has 7 nitrogen and oxygen atoms in total. The van der Waals surface area contributed by atoms with Crippen molar-refractivity contribution in [2.75, 3.05) is 6.79 Å². The summed E-state index contributed by atoms with van der Waals surface area (Å²) in [6.07, 6.45) is 0. The maximum absolute atomic E-state index is 12.3. The maximum atomic E-state index is 12.3. The summed E-state index contributed by atoms with van der Waals surface area (Å²) in [6, 6.07) is 12.9. The first kappa shape index (κ1) is 18.9. The van der Waals surface area contributed by atoms with Crippen LogP contribution in [0.2, 0.25) is 0 Å². The number of carbonyl (C=O) groups excluding carboxylic acids is 2. The molecule has 0 atom stereocenters. The summed E-state index contributed by atoms with van der Waals surface area (Å²) in [6.45, 7) is 4.40. The van der Waals surface area contributed by atoms with Gasteiger partial charge in [-0.1, -0.05) is 38.1 Å². The van der Waals surface area contributed by atoms with Crippen LogP contribution in [0.25, 0.3) is 10.6 Å². The smallest absolute Gasteiger partial charge is 0.289 e. The number of ether oxygens (including phenoxy) is 2. The van der Waals surface area contributed by atoms with Crippen LogP contribution in [0.15, 0.2) is 47.8 Å². The minimum atomic E-state index is -0.486. The van der Waals surface area contributed by atoms with E-state index in [1.165, 1.54) is 16.9 Å². The van der Waals surface area contributed by atoms with Gasteiger partial charge in [0.25, 0.3) is 11.8 Å². The van der Waals surface area contributed by atoms with Crippen molar-refractivity contribution in [1.82, 2.24) is 15.8 Å². The largest absolute Gasteiger partial charge is 0.454 e. The molecule has 2 heterocycles. The summed E-state index contributed by atoms with van der Waals surface area (Å²) in [5.41, 5.74) is 7.55. The number of hydrazine groups is 1. The number of aromatic nitrogens is 1. The van der Waals surface area contributed by atoms with Gasteiger partial charge in [-0.2, -0.15) is 0 Å². The average molecular weight is 409 g/mol. The lowest BCUT2D eigenvalue weighted by Gasteiger charge is -2.07. The van der Waals surface area contributed by atoms with Crippen molar-refractivity contribution in [3.05, 3.63) is 64.7 Å². The third-order valence-electron chi connectivity index (χ3n) is 4.49. The van der Waals surface area contributed by atoms with E-state index < -0.39 is 11.8 Å². The Bertz CT molecular complexity index is 1060. The molecule has 0 unspecified atom stereocenters. The highest BCUT2D eigenvalue weighted by Crippen LogP contribution is 2.32. The molecule has 8 heteroatoms. The first-order valence-electron chi connectivity index (χ1n) is 9.07. The van der Waals surface area contributed by atoms with Crippen molar-refractivity contribution >= 4 is 23.2 Å². The Morgan fingerprint density at radius 2 is 1.72 bits per heavy atom. The molecule has 0 aliphatic carbocycles. The summed E-state index contributed by atoms with van der Waals surface area (Å²) < 4.78 is 10.5. The molecule has 148 valence electrons. The molecule has 1 aliphatic heterocycles. The Labute approximate surface area is 171 Å². The quantitative estimate of drug-likeness (QED) is 0.641. The van der Waals surface area contributed by atoms with Gasteiger partial charge < -0.3 is 9.47 Å². The normalized spacial score (nSPS) is 12.1. The van der Waals surface area contributed by atoms with Crippen LogP contribution in [-0.4, -0.2) is 23.6 Å². The van der Waals surface area contributed by atoms with E-state index in [-0.39, 0.29) is 12.5 Å². The van der Waals surface area contributed by atoms with Gasteiger partial charge in [-0.3, -0.25) is 20.4 Å². The van der Waals surface area contributed by atoms with Crippen molar-refractivity contribution in [3.8, 4) is 22.1 Å². The number of amides is 2. The van der Waals surface area contributed by atoms with E-state index in [2.05, 4.69) is 41.8 Å². The molecule has 4 rings (SSSR count). The Balaban J connectivity index is 1.38. The first-order valence-corrected chi connectivity index (χ1v) is 9.95. The highest BCUT2D eigenvalue weighted by atomic mass is 32.1. The van der Waals surface area contributed by atoms with Crippen molar-refractivity contribution < 1.29 is 19.1 Å². The third-order valence-corrected chi connectivity index (χ3v) is 5.38. The van der Waals surface area contributed by atoms with E-state index in [1.807, 2.05) is 12.1 Å². The van der Waals surface area contributed by atoms with Crippen LogP contribution < -0.4 is 20.3 Å². The molecule has 0 fully saturated rings. The summed E-state index contributed by atoms with van der Waals surface area (Å²) in [7, 11) is 0. The highest BCUT2D eigenvalue weighted by Gasteiger charge is 2.17. The standard InChI is InChI=1S/C21H19N3O4S/c1-12(2)13-3-5-14(6-4-13)21-22-16(10-29-21)20(26)24-23-19(25)15-7-8-17-18(9-15)28-11-27-17/h3-10,12H,11H2,1-2H3,(H,23,25)(H,24,26). The zero-order valence-electron chi connectivity index (χ0n) is 15.9. The predicted molar refractivity (Wildman–Crippen MR) is 109 cm³/mol. The minimum Gasteiger partial charge on any atom is -0.454 e. The molecule has 1 aliphatic rings. The summed E-state index contributed by atoms with van der Waals surface area (Å²) in [4.78, 5) is 29.0. The van der Waals surface area contributed by atoms with Crippen LogP contribution >= 0.6 is 11.3 Å². The van der Waals surface area contributed by atoms with Gasteiger partial charge in [-0.05, 0) is 29.7 Å². The average Bonchev–Trinajstić information content (AvgIpc) is 3.40. The molecular weight excluding hydrogens is 390 g/mol.